The molecule has 1 saturated heterocycles. The Kier molecular flexibility index (Phi) is 5.44. The Morgan fingerprint density at radius 2 is 2.09 bits per heavy atom. The molecule has 0 saturated carbocycles. The molecule has 2 aliphatic rings. The third-order valence-electron chi connectivity index (χ3n) is 3.67. The van der Waals surface area contributed by atoms with Crippen molar-refractivity contribution in [2.45, 2.75) is 31.0 Å². The monoisotopic (exact) mass is 440 g/mol. The summed E-state index contributed by atoms with van der Waals surface area (Å²) in [6, 6.07) is 0. The number of halogens is 1. The second kappa shape index (κ2) is 6.65. The first kappa shape index (κ1) is 18.0. The Morgan fingerprint density at radius 3 is 2.68 bits per heavy atom. The van der Waals surface area contributed by atoms with E-state index in [0.29, 0.717) is 15.8 Å². The van der Waals surface area contributed by atoms with E-state index in [1.54, 1.807) is 11.1 Å². The van der Waals surface area contributed by atoms with E-state index in [9.17, 15) is 15.0 Å². The van der Waals surface area contributed by atoms with Gasteiger partial charge in [0.1, 0.15) is 18.0 Å². The van der Waals surface area contributed by atoms with Crippen LogP contribution in [0.15, 0.2) is 22.2 Å². The maximum Gasteiger partial charge on any atom is 0.264 e. The van der Waals surface area contributed by atoms with E-state index < -0.39 is 31.4 Å². The van der Waals surface area contributed by atoms with Gasteiger partial charge in [-0.1, -0.05) is 6.58 Å². The standard InChI is InChI=1S/C14H22IN2O4P/c1-8-16-13(20)9(15)7-17(8)14-12(19)11(18)10(21-14)5-6-22(2,3)4/h7,10-12,14,18-19H,1-2,5-6H2,3-4H3,(H,16,20)/t10?,11-,12-,14?/m1/s1. The summed E-state index contributed by atoms with van der Waals surface area (Å²) >= 11 is 1.90. The predicted molar refractivity (Wildman–Crippen MR) is 97.3 cm³/mol. The minimum Gasteiger partial charge on any atom is -0.388 e. The molecule has 0 aliphatic carbocycles. The van der Waals surface area contributed by atoms with Gasteiger partial charge in [0.2, 0.25) is 0 Å². The van der Waals surface area contributed by atoms with E-state index in [4.69, 9.17) is 4.74 Å². The van der Waals surface area contributed by atoms with Gasteiger partial charge in [-0.2, -0.15) is 0 Å². The lowest BCUT2D eigenvalue weighted by atomic mass is 10.1. The molecule has 1 amide bonds. The van der Waals surface area contributed by atoms with E-state index in [1.807, 2.05) is 22.6 Å². The number of nitrogens with one attached hydrogen (secondary N) is 1. The smallest absolute Gasteiger partial charge is 0.264 e. The van der Waals surface area contributed by atoms with E-state index in [2.05, 4.69) is 31.5 Å². The van der Waals surface area contributed by atoms with Gasteiger partial charge in [0, 0.05) is 6.20 Å². The quantitative estimate of drug-likeness (QED) is 0.444. The molecule has 0 aromatic carbocycles. The third-order valence-corrected chi connectivity index (χ3v) is 5.91. The molecule has 6 nitrogen and oxygen atoms in total. The van der Waals surface area contributed by atoms with Gasteiger partial charge < -0.3 is 25.2 Å². The van der Waals surface area contributed by atoms with Crippen molar-refractivity contribution in [2.75, 3.05) is 19.5 Å². The first-order valence-electron chi connectivity index (χ1n) is 6.95. The molecule has 2 unspecified atom stereocenters. The fraction of sp³-hybridized carbons (Fsp3) is 0.571. The lowest BCUT2D eigenvalue weighted by molar-refractivity contribution is -0.118. The number of carbonyl (C=O) groups excluding carboxylic acids is 1. The van der Waals surface area contributed by atoms with Crippen LogP contribution in [0.2, 0.25) is 0 Å². The van der Waals surface area contributed by atoms with Crippen molar-refractivity contribution in [2.24, 2.45) is 0 Å². The van der Waals surface area contributed by atoms with Crippen LogP contribution in [0.3, 0.4) is 0 Å². The normalized spacial score (nSPS) is 33.0. The van der Waals surface area contributed by atoms with Gasteiger partial charge in [0.05, 0.1) is 9.68 Å². The molecule has 2 heterocycles. The highest BCUT2D eigenvalue weighted by molar-refractivity contribution is 14.1. The fourth-order valence-electron chi connectivity index (χ4n) is 2.42. The van der Waals surface area contributed by atoms with Crippen molar-refractivity contribution in [1.29, 1.82) is 0 Å². The van der Waals surface area contributed by atoms with Crippen LogP contribution in [0.5, 0.6) is 0 Å². The van der Waals surface area contributed by atoms with Crippen molar-refractivity contribution in [3.63, 3.8) is 0 Å². The summed E-state index contributed by atoms with van der Waals surface area (Å²) in [7, 11) is 0. The van der Waals surface area contributed by atoms with E-state index >= 15 is 0 Å². The topological polar surface area (TPSA) is 82.0 Å². The largest absolute Gasteiger partial charge is 0.388 e. The Labute approximate surface area is 144 Å². The molecule has 124 valence electrons. The molecular formula is C14H22IN2O4P. The summed E-state index contributed by atoms with van der Waals surface area (Å²) in [4.78, 5) is 13.1. The van der Waals surface area contributed by atoms with Crippen molar-refractivity contribution >= 4 is 41.7 Å². The molecule has 0 radical (unpaired) electrons. The van der Waals surface area contributed by atoms with Crippen LogP contribution in [-0.4, -0.2) is 71.4 Å². The molecule has 0 aromatic rings. The number of ether oxygens (including phenoxy) is 1. The minimum absolute atomic E-state index is 0.241. The number of hydrogen-bond donors (Lipinski definition) is 3. The van der Waals surface area contributed by atoms with Gasteiger partial charge in [-0.25, -0.2) is 0 Å². The van der Waals surface area contributed by atoms with Crippen LogP contribution >= 0.6 is 29.5 Å². The number of nitrogens with zero attached hydrogens (tertiary/aromatic N) is 1. The summed E-state index contributed by atoms with van der Waals surface area (Å²) in [6.45, 7) is 6.78. The molecule has 1 fully saturated rings. The van der Waals surface area contributed by atoms with E-state index in [0.717, 1.165) is 6.16 Å². The molecule has 0 aromatic heterocycles. The van der Waals surface area contributed by atoms with Crippen molar-refractivity contribution in [1.82, 2.24) is 10.2 Å². The average Bonchev–Trinajstić information content (AvgIpc) is 2.68. The van der Waals surface area contributed by atoms with Crippen LogP contribution in [0, 0.1) is 0 Å². The van der Waals surface area contributed by atoms with Crippen LogP contribution in [0.25, 0.3) is 0 Å². The maximum atomic E-state index is 11.6. The Morgan fingerprint density at radius 1 is 1.45 bits per heavy atom. The molecule has 22 heavy (non-hydrogen) atoms. The highest BCUT2D eigenvalue weighted by Crippen LogP contribution is 2.38. The second-order valence-corrected chi connectivity index (χ2v) is 11.8. The zero-order chi connectivity index (χ0) is 16.7. The summed E-state index contributed by atoms with van der Waals surface area (Å²) in [5.41, 5.74) is 0. The van der Waals surface area contributed by atoms with Gasteiger partial charge in [0.15, 0.2) is 6.23 Å². The second-order valence-electron chi connectivity index (χ2n) is 6.28. The van der Waals surface area contributed by atoms with Gasteiger partial charge >= 0.3 is 0 Å². The SMILES string of the molecule is C=C1NC(=O)C(I)=CN1C1OC(CCP(=C)(C)C)[C@@H](O)[C@H]1O. The third kappa shape index (κ3) is 3.94. The number of amides is 1. The number of carbonyl (C=O) groups is 1. The van der Waals surface area contributed by atoms with Crippen LogP contribution in [0.4, 0.5) is 0 Å². The maximum absolute atomic E-state index is 11.6. The van der Waals surface area contributed by atoms with Crippen LogP contribution < -0.4 is 5.32 Å². The van der Waals surface area contributed by atoms with Gasteiger partial charge in [-0.15, -0.1) is 13.2 Å². The van der Waals surface area contributed by atoms with E-state index in [-0.39, 0.29) is 5.91 Å². The lowest BCUT2D eigenvalue weighted by Gasteiger charge is -2.33. The fourth-order valence-corrected chi connectivity index (χ4v) is 3.80. The van der Waals surface area contributed by atoms with Crippen molar-refractivity contribution in [3.8, 4) is 0 Å². The number of aliphatic hydroxyl groups excluding tert-OH is 2. The van der Waals surface area contributed by atoms with Crippen LogP contribution in [0.1, 0.15) is 6.42 Å². The van der Waals surface area contributed by atoms with Gasteiger partial charge in [-0.3, -0.25) is 4.79 Å². The molecule has 8 heteroatoms. The lowest BCUT2D eigenvalue weighted by Crippen LogP contribution is -2.47. The molecule has 2 aliphatic heterocycles. The number of rotatable bonds is 4. The van der Waals surface area contributed by atoms with Crippen LogP contribution in [-0.2, 0) is 9.53 Å². The van der Waals surface area contributed by atoms with Crippen molar-refractivity contribution < 1.29 is 19.7 Å². The predicted octanol–water partition coefficient (Wildman–Crippen LogP) is 0.712. The van der Waals surface area contributed by atoms with Gasteiger partial charge in [-0.05, 0) is 48.5 Å². The highest BCUT2D eigenvalue weighted by atomic mass is 127. The molecule has 2 rings (SSSR count). The Balaban J connectivity index is 2.11. The first-order chi connectivity index (χ1) is 10.1. The molecule has 4 atom stereocenters. The minimum atomic E-state index is -1.22. The highest BCUT2D eigenvalue weighted by Gasteiger charge is 2.46. The zero-order valence-corrected chi connectivity index (χ0v) is 15.8. The number of aliphatic hydroxyl groups is 2. The first-order valence-corrected chi connectivity index (χ1v) is 11.1. The summed E-state index contributed by atoms with van der Waals surface area (Å²) in [6.07, 6.45) is 4.00. The molecule has 3 N–H and O–H groups in total. The number of hydrogen-bond acceptors (Lipinski definition) is 5. The average molecular weight is 440 g/mol. The summed E-state index contributed by atoms with van der Waals surface area (Å²) in [5.74, 6) is 0.0855. The van der Waals surface area contributed by atoms with E-state index in [1.165, 1.54) is 0 Å². The molecular weight excluding hydrogens is 418 g/mol. The molecule has 0 spiro atoms. The Hall–Kier alpha value is -0.340. The molecule has 0 bridgehead atoms. The summed E-state index contributed by atoms with van der Waals surface area (Å²) in [5, 5.41) is 23.1. The van der Waals surface area contributed by atoms with Gasteiger partial charge in [0.25, 0.3) is 5.91 Å². The summed E-state index contributed by atoms with van der Waals surface area (Å²) < 4.78 is 6.29. The zero-order valence-electron chi connectivity index (χ0n) is 12.7. The van der Waals surface area contributed by atoms with Crippen molar-refractivity contribution in [3.05, 3.63) is 22.2 Å². The Bertz CT molecular complexity index is 559.